The molecule has 1 aliphatic heterocycles. The van der Waals surface area contributed by atoms with Crippen molar-refractivity contribution in [3.05, 3.63) is 118 Å². The number of aromatic nitrogens is 1. The molecule has 2 unspecified atom stereocenters. The monoisotopic (exact) mass is 795 g/mol. The fourth-order valence-electron chi connectivity index (χ4n) is 6.11. The molecule has 1 aliphatic rings. The van der Waals surface area contributed by atoms with Gasteiger partial charge in [0, 0.05) is 31.8 Å². The Morgan fingerprint density at radius 3 is 2.19 bits per heavy atom. The predicted molar refractivity (Wildman–Crippen MR) is 214 cm³/mol. The van der Waals surface area contributed by atoms with Crippen LogP contribution in [0.4, 0.5) is 0 Å². The van der Waals surface area contributed by atoms with Gasteiger partial charge >= 0.3 is 17.9 Å². The fourth-order valence-corrected chi connectivity index (χ4v) is 7.17. The van der Waals surface area contributed by atoms with Crippen LogP contribution in [0.2, 0.25) is 0 Å². The number of carbonyl (C=O) groups is 3. The highest BCUT2D eigenvalue weighted by molar-refractivity contribution is 7.19. The van der Waals surface area contributed by atoms with E-state index in [0.717, 1.165) is 34.9 Å². The van der Waals surface area contributed by atoms with Gasteiger partial charge in [-0.2, -0.15) is 0 Å². The maximum atomic E-state index is 13.5. The summed E-state index contributed by atoms with van der Waals surface area (Å²) in [7, 11) is 1.58. The molecule has 13 heteroatoms. The van der Waals surface area contributed by atoms with Crippen molar-refractivity contribution in [2.75, 3.05) is 40.1 Å². The number of unbranched alkanes of at least 4 members (excludes halogenated alkanes) is 1. The van der Waals surface area contributed by atoms with Crippen LogP contribution in [-0.4, -0.2) is 69.1 Å². The first-order chi connectivity index (χ1) is 27.6. The second kappa shape index (κ2) is 19.4. The number of hydrogen-bond acceptors (Lipinski definition) is 13. The number of hydrogen-bond donors (Lipinski definition) is 0. The second-order valence-corrected chi connectivity index (χ2v) is 14.3. The third-order valence-electron chi connectivity index (χ3n) is 9.06. The number of carbonyl (C=O) groups excluding carboxylic acids is 3. The molecule has 6 rings (SSSR count). The molecule has 0 saturated carbocycles. The third kappa shape index (κ3) is 10.6. The molecule has 0 N–H and O–H groups in total. The fraction of sp³-hybridized carbons (Fsp3) is 0.318. The molecular formula is C44H45NO11S. The first-order valence-corrected chi connectivity index (χ1v) is 19.5. The van der Waals surface area contributed by atoms with Crippen LogP contribution in [0.5, 0.6) is 28.7 Å². The van der Waals surface area contributed by atoms with E-state index in [9.17, 15) is 14.4 Å². The third-order valence-corrected chi connectivity index (χ3v) is 10.2. The van der Waals surface area contributed by atoms with Crippen molar-refractivity contribution >= 4 is 39.5 Å². The lowest BCUT2D eigenvalue weighted by atomic mass is 10.0. The average molecular weight is 796 g/mol. The van der Waals surface area contributed by atoms with Gasteiger partial charge in [-0.15, -0.1) is 11.3 Å². The number of fused-ring (bicyclic) bond motifs is 2. The lowest BCUT2D eigenvalue weighted by molar-refractivity contribution is -0.137. The molecule has 57 heavy (non-hydrogen) atoms. The van der Waals surface area contributed by atoms with Crippen molar-refractivity contribution in [1.82, 2.24) is 4.98 Å². The first-order valence-electron chi connectivity index (χ1n) is 18.7. The molecule has 12 nitrogen and oxygen atoms in total. The summed E-state index contributed by atoms with van der Waals surface area (Å²) in [5.74, 6) is 0.897. The largest absolute Gasteiger partial charge is 0.494 e. The normalized spacial score (nSPS) is 13.6. The lowest BCUT2D eigenvalue weighted by Crippen LogP contribution is -2.26. The Bertz CT molecular complexity index is 2200. The quantitative estimate of drug-likeness (QED) is 0.0344. The van der Waals surface area contributed by atoms with Crippen LogP contribution in [0, 0.1) is 13.8 Å². The SMILES string of the molecule is C=CC(=O)OCCCCOCC(COc1ccc(C(=O)Oc2ccc(OC(=O)c3ccc(OCC)cc3)c3sc(C4Cc5c(C)cc(C)cc5O4)nc23)cc1)OC. The van der Waals surface area contributed by atoms with E-state index in [4.69, 9.17) is 42.9 Å². The van der Waals surface area contributed by atoms with E-state index in [1.165, 1.54) is 11.3 Å². The van der Waals surface area contributed by atoms with Crippen LogP contribution in [0.15, 0.2) is 85.5 Å². The Morgan fingerprint density at radius 1 is 0.877 bits per heavy atom. The van der Waals surface area contributed by atoms with Gasteiger partial charge in [0.1, 0.15) is 45.2 Å². The van der Waals surface area contributed by atoms with Gasteiger partial charge in [0.25, 0.3) is 0 Å². The topological polar surface area (TPSA) is 138 Å². The molecule has 0 radical (unpaired) electrons. The summed E-state index contributed by atoms with van der Waals surface area (Å²) in [5.41, 5.74) is 4.39. The van der Waals surface area contributed by atoms with Crippen LogP contribution in [0.1, 0.15) is 68.3 Å². The Labute approximate surface area is 335 Å². The number of thiazole rings is 1. The summed E-state index contributed by atoms with van der Waals surface area (Å²) >= 11 is 1.33. The standard InChI is InChI=1S/C44H45NO11S/c1-6-39(46)52-21-9-8-20-50-25-33(49-5)26-53-32-16-12-29(13-17-32)43(47)55-35-18-19-36(56-44(48)30-10-14-31(15-11-30)51-7-2)41-40(35)45-42(57-41)38-24-34-28(4)22-27(3)23-37(34)54-38/h6,10-19,22-23,33,38H,1,7-9,20-21,24-26H2,2-5H3. The van der Waals surface area contributed by atoms with Crippen molar-refractivity contribution in [3.63, 3.8) is 0 Å². The van der Waals surface area contributed by atoms with Crippen molar-refractivity contribution < 1.29 is 52.3 Å². The van der Waals surface area contributed by atoms with Crippen LogP contribution in [0.3, 0.4) is 0 Å². The summed E-state index contributed by atoms with van der Waals surface area (Å²) in [6, 6.07) is 20.6. The van der Waals surface area contributed by atoms with Crippen LogP contribution >= 0.6 is 11.3 Å². The van der Waals surface area contributed by atoms with Crippen LogP contribution in [0.25, 0.3) is 10.2 Å². The average Bonchev–Trinajstić information content (AvgIpc) is 3.86. The summed E-state index contributed by atoms with van der Waals surface area (Å²) in [5, 5.41) is 0.660. The highest BCUT2D eigenvalue weighted by atomic mass is 32.1. The number of rotatable bonds is 19. The Hall–Kier alpha value is -5.76. The van der Waals surface area contributed by atoms with Gasteiger partial charge in [-0.1, -0.05) is 12.6 Å². The Balaban J connectivity index is 1.12. The van der Waals surface area contributed by atoms with Gasteiger partial charge in [0.05, 0.1) is 30.9 Å². The zero-order valence-corrected chi connectivity index (χ0v) is 33.2. The molecule has 0 saturated heterocycles. The summed E-state index contributed by atoms with van der Waals surface area (Å²) in [6.45, 7) is 11.2. The number of aryl methyl sites for hydroxylation is 2. The van der Waals surface area contributed by atoms with Gasteiger partial charge in [0.2, 0.25) is 0 Å². The van der Waals surface area contributed by atoms with Gasteiger partial charge < -0.3 is 37.9 Å². The summed E-state index contributed by atoms with van der Waals surface area (Å²) < 4.78 is 46.3. The predicted octanol–water partition coefficient (Wildman–Crippen LogP) is 8.35. The maximum absolute atomic E-state index is 13.5. The number of esters is 3. The molecule has 1 aromatic heterocycles. The van der Waals surface area contributed by atoms with Gasteiger partial charge in [-0.3, -0.25) is 0 Å². The number of nitrogens with zero attached hydrogens (tertiary/aromatic N) is 1. The maximum Gasteiger partial charge on any atom is 0.343 e. The minimum Gasteiger partial charge on any atom is -0.494 e. The van der Waals surface area contributed by atoms with Crippen molar-refractivity contribution in [1.29, 1.82) is 0 Å². The molecule has 0 spiro atoms. The van der Waals surface area contributed by atoms with Crippen molar-refractivity contribution in [2.45, 2.75) is 52.2 Å². The zero-order valence-electron chi connectivity index (χ0n) is 32.4. The molecule has 0 amide bonds. The zero-order chi connectivity index (χ0) is 40.3. The van der Waals surface area contributed by atoms with E-state index in [2.05, 4.69) is 19.6 Å². The molecule has 2 heterocycles. The smallest absolute Gasteiger partial charge is 0.343 e. The van der Waals surface area contributed by atoms with Crippen molar-refractivity contribution in [2.24, 2.45) is 0 Å². The Morgan fingerprint density at radius 2 is 1.53 bits per heavy atom. The lowest BCUT2D eigenvalue weighted by Gasteiger charge is -2.16. The minimum absolute atomic E-state index is 0.210. The van der Waals surface area contributed by atoms with Gasteiger partial charge in [0.15, 0.2) is 17.6 Å². The summed E-state index contributed by atoms with van der Waals surface area (Å²) in [6.07, 6.45) is 2.47. The van der Waals surface area contributed by atoms with E-state index in [-0.39, 0.29) is 30.3 Å². The molecule has 298 valence electrons. The van der Waals surface area contributed by atoms with E-state index in [1.54, 1.807) is 67.8 Å². The van der Waals surface area contributed by atoms with Crippen molar-refractivity contribution in [3.8, 4) is 28.7 Å². The molecule has 4 aromatic carbocycles. The van der Waals surface area contributed by atoms with E-state index < -0.39 is 17.9 Å². The Kier molecular flexibility index (Phi) is 13.9. The molecule has 0 aliphatic carbocycles. The van der Waals surface area contributed by atoms with Crippen LogP contribution < -0.4 is 23.7 Å². The number of ether oxygens (including phenoxy) is 8. The molecule has 2 atom stereocenters. The molecular weight excluding hydrogens is 751 g/mol. The molecule has 0 bridgehead atoms. The van der Waals surface area contributed by atoms with E-state index in [1.807, 2.05) is 19.9 Å². The molecule has 0 fully saturated rings. The highest BCUT2D eigenvalue weighted by Crippen LogP contribution is 2.45. The number of benzene rings is 4. The minimum atomic E-state index is -0.602. The number of methoxy groups -OCH3 is 1. The molecule has 5 aromatic rings. The van der Waals surface area contributed by atoms with Gasteiger partial charge in [-0.25, -0.2) is 19.4 Å². The first kappa shape index (κ1) is 40.9. The summed E-state index contributed by atoms with van der Waals surface area (Å²) in [4.78, 5) is 42.8. The van der Waals surface area contributed by atoms with Gasteiger partial charge in [-0.05, 0) is 111 Å². The van der Waals surface area contributed by atoms with E-state index >= 15 is 0 Å². The highest BCUT2D eigenvalue weighted by Gasteiger charge is 2.30. The second-order valence-electron chi connectivity index (χ2n) is 13.2. The van der Waals surface area contributed by atoms with Crippen LogP contribution in [-0.2, 0) is 25.4 Å². The van der Waals surface area contributed by atoms with E-state index in [0.29, 0.717) is 77.1 Å².